The minimum Gasteiger partial charge on any atom is -0.496 e. The first-order valence-corrected chi connectivity index (χ1v) is 6.30. The Kier molecular flexibility index (Phi) is 5.37. The molecule has 0 saturated carbocycles. The van der Waals surface area contributed by atoms with Crippen molar-refractivity contribution in [3.63, 3.8) is 0 Å². The third kappa shape index (κ3) is 3.99. The van der Waals surface area contributed by atoms with E-state index < -0.39 is 0 Å². The van der Waals surface area contributed by atoms with Crippen LogP contribution in [0.25, 0.3) is 0 Å². The second-order valence-electron chi connectivity index (χ2n) is 4.79. The third-order valence-corrected chi connectivity index (χ3v) is 3.03. The average Bonchev–Trinajstić information content (AvgIpc) is 2.36. The molecule has 0 aliphatic heterocycles. The van der Waals surface area contributed by atoms with Crippen molar-refractivity contribution >= 4 is 5.91 Å². The van der Waals surface area contributed by atoms with Crippen LogP contribution < -0.4 is 10.1 Å². The molecule has 0 bridgehead atoms. The molecule has 1 amide bonds. The zero-order chi connectivity index (χ0) is 14.4. The maximum atomic E-state index is 11.3. The van der Waals surface area contributed by atoms with E-state index in [-0.39, 0.29) is 12.3 Å². The van der Waals surface area contributed by atoms with Gasteiger partial charge in [-0.3, -0.25) is 4.79 Å². The summed E-state index contributed by atoms with van der Waals surface area (Å²) in [5, 5.41) is 11.2. The molecular weight excluding hydrogens is 240 g/mol. The van der Waals surface area contributed by atoms with Gasteiger partial charge in [-0.05, 0) is 41.7 Å². The Labute approximate surface area is 114 Å². The van der Waals surface area contributed by atoms with Gasteiger partial charge in [0.25, 0.3) is 0 Å². The molecule has 4 heteroatoms. The number of methoxy groups -OCH3 is 1. The molecule has 0 spiro atoms. The van der Waals surface area contributed by atoms with Crippen LogP contribution in [0.1, 0.15) is 42.9 Å². The molecule has 4 nitrogen and oxygen atoms in total. The summed E-state index contributed by atoms with van der Waals surface area (Å²) >= 11 is 0. The lowest BCUT2D eigenvalue weighted by Crippen LogP contribution is -2.22. The van der Waals surface area contributed by atoms with Crippen molar-refractivity contribution in [3.8, 4) is 11.8 Å². The summed E-state index contributed by atoms with van der Waals surface area (Å²) < 4.78 is 5.38. The Balaban J connectivity index is 2.93. The molecule has 0 saturated heterocycles. The third-order valence-electron chi connectivity index (χ3n) is 3.03. The van der Waals surface area contributed by atoms with Crippen LogP contribution in [-0.4, -0.2) is 13.0 Å². The zero-order valence-corrected chi connectivity index (χ0v) is 11.9. The lowest BCUT2D eigenvalue weighted by atomic mass is 9.96. The standard InChI is InChI=1S/C15H20N2O2/c1-10(2)13-8-12(9-17-15(18)5-6-16)11(3)7-14(13)19-4/h7-8,10H,5,9H2,1-4H3,(H,17,18). The molecule has 1 rings (SSSR count). The van der Waals surface area contributed by atoms with E-state index in [9.17, 15) is 4.79 Å². The lowest BCUT2D eigenvalue weighted by molar-refractivity contribution is -0.120. The first kappa shape index (κ1) is 15.0. The van der Waals surface area contributed by atoms with Gasteiger partial charge >= 0.3 is 0 Å². The number of carbonyl (C=O) groups is 1. The van der Waals surface area contributed by atoms with E-state index in [4.69, 9.17) is 10.00 Å². The summed E-state index contributed by atoms with van der Waals surface area (Å²) in [4.78, 5) is 11.3. The van der Waals surface area contributed by atoms with Crippen LogP contribution in [0.3, 0.4) is 0 Å². The number of aryl methyl sites for hydroxylation is 1. The molecule has 0 aromatic heterocycles. The van der Waals surface area contributed by atoms with Crippen LogP contribution >= 0.6 is 0 Å². The Hall–Kier alpha value is -2.02. The number of benzene rings is 1. The average molecular weight is 260 g/mol. The maximum absolute atomic E-state index is 11.3. The fraction of sp³-hybridized carbons (Fsp3) is 0.467. The molecule has 0 atom stereocenters. The first-order chi connectivity index (χ1) is 8.99. The van der Waals surface area contributed by atoms with Crippen LogP contribution in [0.5, 0.6) is 5.75 Å². The smallest absolute Gasteiger partial charge is 0.234 e. The molecule has 102 valence electrons. The fourth-order valence-corrected chi connectivity index (χ4v) is 1.89. The second kappa shape index (κ2) is 6.79. The molecule has 0 heterocycles. The Morgan fingerprint density at radius 2 is 2.16 bits per heavy atom. The van der Waals surface area contributed by atoms with E-state index in [0.29, 0.717) is 12.5 Å². The molecule has 0 radical (unpaired) electrons. The molecule has 1 aromatic carbocycles. The lowest BCUT2D eigenvalue weighted by Gasteiger charge is -2.16. The van der Waals surface area contributed by atoms with Gasteiger partial charge in [-0.1, -0.05) is 13.8 Å². The molecular formula is C15H20N2O2. The Bertz CT molecular complexity index is 502. The van der Waals surface area contributed by atoms with E-state index in [1.165, 1.54) is 0 Å². The number of nitrogens with zero attached hydrogens (tertiary/aromatic N) is 1. The highest BCUT2D eigenvalue weighted by atomic mass is 16.5. The van der Waals surface area contributed by atoms with Crippen molar-refractivity contribution in [2.75, 3.05) is 7.11 Å². The van der Waals surface area contributed by atoms with Crippen molar-refractivity contribution < 1.29 is 9.53 Å². The minimum atomic E-state index is -0.246. The van der Waals surface area contributed by atoms with Crippen LogP contribution in [0.4, 0.5) is 0 Å². The normalized spacial score (nSPS) is 10.1. The van der Waals surface area contributed by atoms with Crippen molar-refractivity contribution in [1.29, 1.82) is 5.26 Å². The van der Waals surface area contributed by atoms with Gasteiger partial charge < -0.3 is 10.1 Å². The van der Waals surface area contributed by atoms with Crippen LogP contribution in [-0.2, 0) is 11.3 Å². The highest BCUT2D eigenvalue weighted by molar-refractivity contribution is 5.78. The van der Waals surface area contributed by atoms with Gasteiger partial charge in [0.2, 0.25) is 5.91 Å². The first-order valence-electron chi connectivity index (χ1n) is 6.30. The van der Waals surface area contributed by atoms with Crippen LogP contribution in [0.2, 0.25) is 0 Å². The molecule has 1 aromatic rings. The van der Waals surface area contributed by atoms with E-state index in [1.54, 1.807) is 7.11 Å². The van der Waals surface area contributed by atoms with Gasteiger partial charge in [0.1, 0.15) is 12.2 Å². The Morgan fingerprint density at radius 3 is 2.68 bits per heavy atom. The van der Waals surface area contributed by atoms with Crippen molar-refractivity contribution in [2.45, 2.75) is 39.7 Å². The number of nitrogens with one attached hydrogen (secondary N) is 1. The fourth-order valence-electron chi connectivity index (χ4n) is 1.89. The van der Waals surface area contributed by atoms with Gasteiger partial charge in [-0.15, -0.1) is 0 Å². The number of carbonyl (C=O) groups excluding carboxylic acids is 1. The van der Waals surface area contributed by atoms with Gasteiger partial charge in [-0.25, -0.2) is 0 Å². The number of hydrogen-bond donors (Lipinski definition) is 1. The maximum Gasteiger partial charge on any atom is 0.234 e. The van der Waals surface area contributed by atoms with Crippen LogP contribution in [0.15, 0.2) is 12.1 Å². The number of rotatable bonds is 5. The quantitative estimate of drug-likeness (QED) is 0.885. The van der Waals surface area contributed by atoms with Crippen molar-refractivity contribution in [3.05, 3.63) is 28.8 Å². The SMILES string of the molecule is COc1cc(C)c(CNC(=O)CC#N)cc1C(C)C. The molecule has 0 aliphatic rings. The zero-order valence-electron chi connectivity index (χ0n) is 11.9. The van der Waals surface area contributed by atoms with Gasteiger partial charge in [0.15, 0.2) is 0 Å². The van der Waals surface area contributed by atoms with Crippen molar-refractivity contribution in [2.24, 2.45) is 0 Å². The summed E-state index contributed by atoms with van der Waals surface area (Å²) in [6.07, 6.45) is -0.105. The number of hydrogen-bond acceptors (Lipinski definition) is 3. The van der Waals surface area contributed by atoms with Gasteiger partial charge in [0.05, 0.1) is 13.2 Å². The predicted octanol–water partition coefficient (Wildman–Crippen LogP) is 2.66. The monoisotopic (exact) mass is 260 g/mol. The largest absolute Gasteiger partial charge is 0.496 e. The number of nitriles is 1. The van der Waals surface area contributed by atoms with Crippen molar-refractivity contribution in [1.82, 2.24) is 5.32 Å². The summed E-state index contributed by atoms with van der Waals surface area (Å²) in [5.74, 6) is 0.979. The molecule has 0 fully saturated rings. The molecule has 19 heavy (non-hydrogen) atoms. The molecule has 0 unspecified atom stereocenters. The summed E-state index contributed by atoms with van der Waals surface area (Å²) in [6, 6.07) is 5.88. The highest BCUT2D eigenvalue weighted by Crippen LogP contribution is 2.29. The number of amides is 1. The van der Waals surface area contributed by atoms with E-state index in [2.05, 4.69) is 25.2 Å². The van der Waals surface area contributed by atoms with Gasteiger partial charge in [-0.2, -0.15) is 5.26 Å². The highest BCUT2D eigenvalue weighted by Gasteiger charge is 2.11. The Morgan fingerprint density at radius 1 is 1.47 bits per heavy atom. The summed E-state index contributed by atoms with van der Waals surface area (Å²) in [6.45, 7) is 6.63. The van der Waals surface area contributed by atoms with E-state index in [1.807, 2.05) is 19.1 Å². The minimum absolute atomic E-state index is 0.105. The number of ether oxygens (including phenoxy) is 1. The summed E-state index contributed by atoms with van der Waals surface area (Å²) in [5.41, 5.74) is 3.24. The topological polar surface area (TPSA) is 62.1 Å². The predicted molar refractivity (Wildman–Crippen MR) is 73.9 cm³/mol. The van der Waals surface area contributed by atoms with Gasteiger partial charge in [0, 0.05) is 6.54 Å². The summed E-state index contributed by atoms with van der Waals surface area (Å²) in [7, 11) is 1.66. The van der Waals surface area contributed by atoms with Crippen LogP contribution in [0, 0.1) is 18.3 Å². The molecule has 0 aliphatic carbocycles. The molecule has 1 N–H and O–H groups in total. The second-order valence-corrected chi connectivity index (χ2v) is 4.79. The van der Waals surface area contributed by atoms with E-state index in [0.717, 1.165) is 22.4 Å². The van der Waals surface area contributed by atoms with E-state index >= 15 is 0 Å².